The third-order valence-corrected chi connectivity index (χ3v) is 2.98. The molecule has 0 spiro atoms. The summed E-state index contributed by atoms with van der Waals surface area (Å²) < 4.78 is 37.7. The van der Waals surface area contributed by atoms with Crippen molar-refractivity contribution in [2.75, 3.05) is 6.61 Å². The van der Waals surface area contributed by atoms with Gasteiger partial charge in [-0.3, -0.25) is 0 Å². The first kappa shape index (κ1) is 16.1. The molecule has 0 bridgehead atoms. The Morgan fingerprint density at radius 2 is 2.00 bits per heavy atom. The molecular formula is C13H10BrClF2N2O2. The monoisotopic (exact) mass is 378 g/mol. The Morgan fingerprint density at radius 1 is 1.24 bits per heavy atom. The van der Waals surface area contributed by atoms with Crippen LogP contribution in [0.3, 0.4) is 0 Å². The largest absolute Gasteiger partial charge is 0.436 e. The summed E-state index contributed by atoms with van der Waals surface area (Å²) in [4.78, 5) is 7.96. The van der Waals surface area contributed by atoms with Gasteiger partial charge in [-0.1, -0.05) is 27.5 Å². The highest BCUT2D eigenvalue weighted by molar-refractivity contribution is 9.10. The van der Waals surface area contributed by atoms with Crippen molar-refractivity contribution in [2.45, 2.75) is 13.5 Å². The van der Waals surface area contributed by atoms with Crippen molar-refractivity contribution in [3.05, 3.63) is 45.3 Å². The summed E-state index contributed by atoms with van der Waals surface area (Å²) in [6, 6.07) is 3.58. The van der Waals surface area contributed by atoms with Crippen LogP contribution in [0.25, 0.3) is 0 Å². The van der Waals surface area contributed by atoms with E-state index in [0.717, 1.165) is 6.07 Å². The highest BCUT2D eigenvalue weighted by Crippen LogP contribution is 2.29. The van der Waals surface area contributed by atoms with E-state index in [1.165, 1.54) is 12.1 Å². The molecular weight excluding hydrogens is 370 g/mol. The zero-order valence-corrected chi connectivity index (χ0v) is 13.2. The minimum absolute atomic E-state index is 0.00102. The van der Waals surface area contributed by atoms with Crippen LogP contribution in [0.5, 0.6) is 11.6 Å². The second kappa shape index (κ2) is 7.11. The van der Waals surface area contributed by atoms with Gasteiger partial charge in [0.1, 0.15) is 11.8 Å². The van der Waals surface area contributed by atoms with Crippen molar-refractivity contribution in [1.82, 2.24) is 9.97 Å². The maximum absolute atomic E-state index is 13.6. The topological polar surface area (TPSA) is 44.2 Å². The van der Waals surface area contributed by atoms with Crippen LogP contribution in [0.4, 0.5) is 8.78 Å². The molecule has 0 amide bonds. The van der Waals surface area contributed by atoms with Crippen molar-refractivity contribution in [2.24, 2.45) is 0 Å². The SMILES string of the molecule is CCOCc1nc(Cl)cc(Oc2cc(Br)cc(F)c2F)n1. The fraction of sp³-hybridized carbons (Fsp3) is 0.231. The van der Waals surface area contributed by atoms with Crippen LogP contribution in [0.15, 0.2) is 22.7 Å². The molecule has 0 aliphatic carbocycles. The lowest BCUT2D eigenvalue weighted by Crippen LogP contribution is -2.02. The van der Waals surface area contributed by atoms with Crippen molar-refractivity contribution < 1.29 is 18.3 Å². The van der Waals surface area contributed by atoms with Crippen LogP contribution >= 0.6 is 27.5 Å². The highest BCUT2D eigenvalue weighted by Gasteiger charge is 2.14. The summed E-state index contributed by atoms with van der Waals surface area (Å²) in [6.07, 6.45) is 0. The molecule has 1 heterocycles. The molecule has 1 aromatic heterocycles. The first-order chi connectivity index (χ1) is 9.99. The Balaban J connectivity index is 2.29. The molecule has 0 atom stereocenters. The Kier molecular flexibility index (Phi) is 5.44. The molecule has 21 heavy (non-hydrogen) atoms. The summed E-state index contributed by atoms with van der Waals surface area (Å²) in [7, 11) is 0. The van der Waals surface area contributed by atoms with E-state index in [9.17, 15) is 8.78 Å². The molecule has 1 aromatic carbocycles. The van der Waals surface area contributed by atoms with Crippen LogP contribution < -0.4 is 4.74 Å². The molecule has 4 nitrogen and oxygen atoms in total. The quantitative estimate of drug-likeness (QED) is 0.567. The Labute approximate surface area is 133 Å². The van der Waals surface area contributed by atoms with Crippen molar-refractivity contribution in [3.63, 3.8) is 0 Å². The number of aromatic nitrogens is 2. The maximum Gasteiger partial charge on any atom is 0.224 e. The molecule has 0 radical (unpaired) electrons. The van der Waals surface area contributed by atoms with Gasteiger partial charge in [0.05, 0.1) is 0 Å². The molecule has 0 fully saturated rings. The molecule has 0 saturated heterocycles. The van der Waals surface area contributed by atoms with E-state index in [0.29, 0.717) is 11.1 Å². The molecule has 0 aliphatic rings. The predicted molar refractivity (Wildman–Crippen MR) is 76.5 cm³/mol. The molecule has 112 valence electrons. The first-order valence-corrected chi connectivity index (χ1v) is 7.10. The van der Waals surface area contributed by atoms with E-state index < -0.39 is 11.6 Å². The number of nitrogens with zero attached hydrogens (tertiary/aromatic N) is 2. The van der Waals surface area contributed by atoms with Crippen molar-refractivity contribution in [1.29, 1.82) is 0 Å². The lowest BCUT2D eigenvalue weighted by Gasteiger charge is -2.09. The molecule has 8 heteroatoms. The summed E-state index contributed by atoms with van der Waals surface area (Å²) >= 11 is 8.89. The van der Waals surface area contributed by atoms with Gasteiger partial charge in [0.25, 0.3) is 0 Å². The maximum atomic E-state index is 13.6. The number of ether oxygens (including phenoxy) is 2. The summed E-state index contributed by atoms with van der Waals surface area (Å²) in [6.45, 7) is 2.45. The molecule has 2 aromatic rings. The van der Waals surface area contributed by atoms with Crippen LogP contribution in [-0.2, 0) is 11.3 Å². The highest BCUT2D eigenvalue weighted by atomic mass is 79.9. The Hall–Kier alpha value is -1.31. The molecule has 0 aliphatic heterocycles. The van der Waals surface area contributed by atoms with E-state index in [1.807, 2.05) is 6.92 Å². The average Bonchev–Trinajstić information content (AvgIpc) is 2.41. The summed E-state index contributed by atoms with van der Waals surface area (Å²) in [5.74, 6) is -2.16. The number of hydrogen-bond acceptors (Lipinski definition) is 4. The minimum atomic E-state index is -1.11. The van der Waals surface area contributed by atoms with Crippen LogP contribution in [0, 0.1) is 11.6 Å². The number of hydrogen-bond donors (Lipinski definition) is 0. The molecule has 0 saturated carbocycles. The van der Waals surface area contributed by atoms with Gasteiger partial charge >= 0.3 is 0 Å². The Bertz CT molecular complexity index is 658. The number of rotatable bonds is 5. The van der Waals surface area contributed by atoms with Gasteiger partial charge in [-0.15, -0.1) is 0 Å². The van der Waals surface area contributed by atoms with Crippen molar-refractivity contribution in [3.8, 4) is 11.6 Å². The van der Waals surface area contributed by atoms with Crippen molar-refractivity contribution >= 4 is 27.5 Å². The Morgan fingerprint density at radius 3 is 2.71 bits per heavy atom. The second-order valence-electron chi connectivity index (χ2n) is 3.88. The normalized spacial score (nSPS) is 10.7. The van der Waals surface area contributed by atoms with Gasteiger partial charge < -0.3 is 9.47 Å². The van der Waals surface area contributed by atoms with Gasteiger partial charge in [-0.25, -0.2) is 9.37 Å². The zero-order valence-electron chi connectivity index (χ0n) is 10.9. The average molecular weight is 380 g/mol. The van der Waals surface area contributed by atoms with Crippen LogP contribution in [0.1, 0.15) is 12.7 Å². The van der Waals surface area contributed by atoms with E-state index in [-0.39, 0.29) is 29.2 Å². The van der Waals surface area contributed by atoms with Gasteiger partial charge in [-0.05, 0) is 19.1 Å². The van der Waals surface area contributed by atoms with E-state index in [2.05, 4.69) is 25.9 Å². The van der Waals surface area contributed by atoms with Crippen LogP contribution in [-0.4, -0.2) is 16.6 Å². The van der Waals surface area contributed by atoms with Gasteiger partial charge in [0, 0.05) is 17.1 Å². The van der Waals surface area contributed by atoms with Gasteiger partial charge in [-0.2, -0.15) is 9.37 Å². The smallest absolute Gasteiger partial charge is 0.224 e. The molecule has 2 rings (SSSR count). The lowest BCUT2D eigenvalue weighted by molar-refractivity contribution is 0.127. The standard InChI is InChI=1S/C13H10BrClF2N2O2/c1-2-20-6-11-18-10(15)5-12(19-11)21-9-4-7(14)3-8(16)13(9)17/h3-5H,2,6H2,1H3. The summed E-state index contributed by atoms with van der Waals surface area (Å²) in [5, 5.41) is 0.116. The van der Waals surface area contributed by atoms with E-state index >= 15 is 0 Å². The third-order valence-electron chi connectivity index (χ3n) is 2.33. The zero-order chi connectivity index (χ0) is 15.4. The lowest BCUT2D eigenvalue weighted by atomic mass is 10.3. The summed E-state index contributed by atoms with van der Waals surface area (Å²) in [5.41, 5.74) is 0. The van der Waals surface area contributed by atoms with Crippen LogP contribution in [0.2, 0.25) is 5.15 Å². The number of halogens is 4. The van der Waals surface area contributed by atoms with E-state index in [1.54, 1.807) is 0 Å². The first-order valence-electron chi connectivity index (χ1n) is 5.93. The third kappa shape index (κ3) is 4.33. The molecule has 0 unspecified atom stereocenters. The van der Waals surface area contributed by atoms with Gasteiger partial charge in [0.2, 0.25) is 11.7 Å². The minimum Gasteiger partial charge on any atom is -0.436 e. The number of benzene rings is 1. The molecule has 0 N–H and O–H groups in total. The van der Waals surface area contributed by atoms with E-state index in [4.69, 9.17) is 21.1 Å². The second-order valence-corrected chi connectivity index (χ2v) is 5.19. The fourth-order valence-electron chi connectivity index (χ4n) is 1.47. The van der Waals surface area contributed by atoms with Gasteiger partial charge in [0.15, 0.2) is 17.4 Å². The predicted octanol–water partition coefficient (Wildman–Crippen LogP) is 4.50. The fourth-order valence-corrected chi connectivity index (χ4v) is 2.07.